The van der Waals surface area contributed by atoms with Crippen LogP contribution in [0.5, 0.6) is 0 Å². The predicted molar refractivity (Wildman–Crippen MR) is 354 cm³/mol. The van der Waals surface area contributed by atoms with Gasteiger partial charge in [-0.05, 0) is 57.3 Å². The molecule has 0 fully saturated rings. The summed E-state index contributed by atoms with van der Waals surface area (Å²) in [4.78, 5) is 72.4. The van der Waals surface area contributed by atoms with Crippen molar-refractivity contribution in [3.8, 4) is 0 Å². The van der Waals surface area contributed by atoms with E-state index in [4.69, 9.17) is 37.0 Å². The van der Waals surface area contributed by atoms with E-state index in [1.54, 1.807) is 0 Å². The first-order chi connectivity index (χ1) is 42.6. The molecule has 88 heavy (non-hydrogen) atoms. The van der Waals surface area contributed by atoms with Crippen LogP contribution in [0.4, 0.5) is 0 Å². The summed E-state index contributed by atoms with van der Waals surface area (Å²) in [6, 6.07) is 0. The van der Waals surface area contributed by atoms with Crippen LogP contribution < -0.4 is 0 Å². The number of aliphatic hydroxyl groups is 1. The number of rotatable bonds is 67. The number of phosphoric acid groups is 2. The van der Waals surface area contributed by atoms with Crippen LogP contribution in [0.25, 0.3) is 0 Å². The van der Waals surface area contributed by atoms with Gasteiger partial charge in [0.05, 0.1) is 26.4 Å². The largest absolute Gasteiger partial charge is 0.472 e. The molecular weight excluding hydrogens is 1160 g/mol. The summed E-state index contributed by atoms with van der Waals surface area (Å²) in [5, 5.41) is 10.6. The summed E-state index contributed by atoms with van der Waals surface area (Å²) in [6.45, 7) is 7.09. The predicted octanol–water partition coefficient (Wildman–Crippen LogP) is 19.3. The lowest BCUT2D eigenvalue weighted by atomic mass is 10.00. The number of carbonyl (C=O) groups excluding carboxylic acids is 4. The third kappa shape index (κ3) is 61.1. The summed E-state index contributed by atoms with van der Waals surface area (Å²) >= 11 is 0. The van der Waals surface area contributed by atoms with Crippen molar-refractivity contribution in [1.82, 2.24) is 0 Å². The van der Waals surface area contributed by atoms with E-state index in [0.29, 0.717) is 25.7 Å². The summed E-state index contributed by atoms with van der Waals surface area (Å²) in [5.41, 5.74) is 0. The van der Waals surface area contributed by atoms with Crippen LogP contribution >= 0.6 is 15.6 Å². The highest BCUT2D eigenvalue weighted by atomic mass is 31.2. The second-order valence-corrected chi connectivity index (χ2v) is 27.4. The average molecular weight is 1290 g/mol. The van der Waals surface area contributed by atoms with Gasteiger partial charge in [0.2, 0.25) is 0 Å². The van der Waals surface area contributed by atoms with Crippen molar-refractivity contribution in [2.24, 2.45) is 5.92 Å². The summed E-state index contributed by atoms with van der Waals surface area (Å²) < 4.78 is 68.1. The zero-order chi connectivity index (χ0) is 64.9. The lowest BCUT2D eigenvalue weighted by Gasteiger charge is -2.21. The van der Waals surface area contributed by atoms with E-state index in [0.717, 1.165) is 115 Å². The molecule has 0 amide bonds. The topological polar surface area (TPSA) is 237 Å². The first kappa shape index (κ1) is 85.5. The van der Waals surface area contributed by atoms with Crippen LogP contribution in [-0.2, 0) is 65.4 Å². The molecule has 0 heterocycles. The van der Waals surface area contributed by atoms with Gasteiger partial charge in [0, 0.05) is 25.7 Å². The van der Waals surface area contributed by atoms with E-state index in [1.807, 2.05) is 0 Å². The molecule has 0 bridgehead atoms. The molecule has 0 aromatic carbocycles. The van der Waals surface area contributed by atoms with E-state index in [2.05, 4.69) is 58.9 Å². The average Bonchev–Trinajstić information content (AvgIpc) is 3.63. The molecule has 19 heteroatoms. The number of carbonyl (C=O) groups is 4. The zero-order valence-electron chi connectivity index (χ0n) is 56.3. The Kier molecular flexibility index (Phi) is 60.3. The second kappa shape index (κ2) is 62.0. The van der Waals surface area contributed by atoms with Crippen molar-refractivity contribution < 1.29 is 80.2 Å². The molecule has 0 aliphatic rings. The maximum absolute atomic E-state index is 13.0. The molecule has 3 N–H and O–H groups in total. The third-order valence-corrected chi connectivity index (χ3v) is 17.7. The summed E-state index contributed by atoms with van der Waals surface area (Å²) in [6.07, 6.45) is 50.8. The van der Waals surface area contributed by atoms with Gasteiger partial charge < -0.3 is 33.8 Å². The molecule has 3 unspecified atom stereocenters. The van der Waals surface area contributed by atoms with Gasteiger partial charge in [0.25, 0.3) is 0 Å². The fraction of sp³-hybridized carbons (Fsp3) is 0.884. The van der Waals surface area contributed by atoms with Crippen LogP contribution in [0.2, 0.25) is 0 Å². The molecule has 0 radical (unpaired) electrons. The van der Waals surface area contributed by atoms with Gasteiger partial charge in [-0.1, -0.05) is 277 Å². The second-order valence-electron chi connectivity index (χ2n) is 24.5. The van der Waals surface area contributed by atoms with E-state index < -0.39 is 97.5 Å². The molecule has 0 aliphatic heterocycles. The Bertz CT molecular complexity index is 1800. The molecule has 6 atom stereocenters. The zero-order valence-corrected chi connectivity index (χ0v) is 58.1. The Morgan fingerprint density at radius 1 is 0.364 bits per heavy atom. The molecule has 0 aromatic rings. The minimum atomic E-state index is -4.96. The normalized spacial score (nSPS) is 14.6. The van der Waals surface area contributed by atoms with Crippen molar-refractivity contribution in [2.45, 2.75) is 348 Å². The van der Waals surface area contributed by atoms with Crippen LogP contribution in [0.15, 0.2) is 24.3 Å². The van der Waals surface area contributed by atoms with Gasteiger partial charge in [0.1, 0.15) is 19.3 Å². The van der Waals surface area contributed by atoms with Gasteiger partial charge >= 0.3 is 39.5 Å². The molecule has 0 saturated heterocycles. The summed E-state index contributed by atoms with van der Waals surface area (Å²) in [7, 11) is -9.91. The fourth-order valence-corrected chi connectivity index (χ4v) is 11.5. The SMILES string of the molecule is CCCCCC/C=C\C=C/CCCCCCCC(=O)O[C@H](COC(=O)CCCCCCCCCCCCCCCCC)COP(=O)(O)OC[C@@H](O)COP(=O)(O)OC[C@@H](COC(=O)CCCCCCCCCC)OC(=O)CCCCCCCCC(C)CC. The van der Waals surface area contributed by atoms with Crippen molar-refractivity contribution in [3.63, 3.8) is 0 Å². The molecule has 0 saturated carbocycles. The monoisotopic (exact) mass is 1290 g/mol. The first-order valence-corrected chi connectivity index (χ1v) is 38.5. The van der Waals surface area contributed by atoms with Crippen LogP contribution in [0.1, 0.15) is 330 Å². The van der Waals surface area contributed by atoms with E-state index in [-0.39, 0.29) is 25.7 Å². The highest BCUT2D eigenvalue weighted by Gasteiger charge is 2.30. The Morgan fingerprint density at radius 3 is 0.966 bits per heavy atom. The number of hydrogen-bond donors (Lipinski definition) is 3. The molecule has 0 spiro atoms. The lowest BCUT2D eigenvalue weighted by Crippen LogP contribution is -2.30. The quantitative estimate of drug-likeness (QED) is 0.0169. The van der Waals surface area contributed by atoms with Crippen LogP contribution in [-0.4, -0.2) is 96.7 Å². The fourth-order valence-electron chi connectivity index (χ4n) is 9.89. The minimum absolute atomic E-state index is 0.0854. The third-order valence-electron chi connectivity index (χ3n) is 15.8. The van der Waals surface area contributed by atoms with Gasteiger partial charge in [-0.15, -0.1) is 0 Å². The number of phosphoric ester groups is 2. The number of unbranched alkanes of at least 4 members (excludes halogenated alkanes) is 35. The molecule has 0 rings (SSSR count). The maximum atomic E-state index is 13.0. The molecular formula is C69H130O17P2. The highest BCUT2D eigenvalue weighted by Crippen LogP contribution is 2.45. The molecule has 0 aliphatic carbocycles. The number of ether oxygens (including phenoxy) is 4. The van der Waals surface area contributed by atoms with Gasteiger partial charge in [0.15, 0.2) is 12.2 Å². The molecule has 17 nitrogen and oxygen atoms in total. The maximum Gasteiger partial charge on any atom is 0.472 e. The standard InChI is InChI=1S/C69H130O17P2/c1-6-10-13-16-19-22-24-26-28-30-32-34-37-43-48-53-67(72)80-58-64(85-68(73)54-49-44-38-35-33-31-29-27-25-23-20-17-14-11-7-2)60-83-87(75,76)81-56-63(70)57-82-88(77,78)84-61-65(59-79-66(71)52-47-42-36-21-18-15-12-8-3)86-69(74)55-50-45-40-39-41-46-51-62(5)9-4/h23,25,27,29,62-65,70H,6-22,24,26,28,30-61H2,1-5H3,(H,75,76)(H,77,78)/b25-23-,29-27-/t62?,63-,64-,65-/m1/s1. The minimum Gasteiger partial charge on any atom is -0.462 e. The van der Waals surface area contributed by atoms with E-state index in [9.17, 15) is 43.2 Å². The van der Waals surface area contributed by atoms with Crippen molar-refractivity contribution in [1.29, 1.82) is 0 Å². The smallest absolute Gasteiger partial charge is 0.462 e. The van der Waals surface area contributed by atoms with E-state index >= 15 is 0 Å². The van der Waals surface area contributed by atoms with Gasteiger partial charge in [-0.25, -0.2) is 9.13 Å². The Labute approximate surface area is 535 Å². The van der Waals surface area contributed by atoms with Crippen LogP contribution in [0, 0.1) is 5.92 Å². The van der Waals surface area contributed by atoms with Gasteiger partial charge in [-0.3, -0.25) is 37.3 Å². The lowest BCUT2D eigenvalue weighted by molar-refractivity contribution is -0.161. The highest BCUT2D eigenvalue weighted by molar-refractivity contribution is 7.47. The van der Waals surface area contributed by atoms with Crippen LogP contribution in [0.3, 0.4) is 0 Å². The summed E-state index contributed by atoms with van der Waals surface area (Å²) in [5.74, 6) is -1.44. The van der Waals surface area contributed by atoms with Crippen molar-refractivity contribution in [2.75, 3.05) is 39.6 Å². The van der Waals surface area contributed by atoms with Crippen molar-refractivity contribution in [3.05, 3.63) is 24.3 Å². The Morgan fingerprint density at radius 2 is 0.636 bits per heavy atom. The molecule has 518 valence electrons. The Balaban J connectivity index is 5.26. The number of allylic oxidation sites excluding steroid dienone is 4. The van der Waals surface area contributed by atoms with E-state index in [1.165, 1.54) is 135 Å². The molecule has 0 aromatic heterocycles. The number of hydrogen-bond acceptors (Lipinski definition) is 15. The number of esters is 4. The van der Waals surface area contributed by atoms with Gasteiger partial charge in [-0.2, -0.15) is 0 Å². The first-order valence-electron chi connectivity index (χ1n) is 35.5. The Hall–Kier alpha value is -2.46. The van der Waals surface area contributed by atoms with Crippen molar-refractivity contribution >= 4 is 39.5 Å². The number of aliphatic hydroxyl groups excluding tert-OH is 1.